The highest BCUT2D eigenvalue weighted by atomic mass is 32.1. The normalized spacial score (nSPS) is 13.8. The van der Waals surface area contributed by atoms with E-state index in [1.165, 1.54) is 17.4 Å². The fourth-order valence-electron chi connectivity index (χ4n) is 1.91. The molecular weight excluding hydrogens is 264 g/mol. The minimum atomic E-state index is -1.36. The zero-order chi connectivity index (χ0) is 14.0. The minimum Gasteiger partial charge on any atom is -0.497 e. The first-order valence-electron chi connectivity index (χ1n) is 5.65. The maximum absolute atomic E-state index is 11.2. The molecule has 1 aromatic heterocycles. The van der Waals surface area contributed by atoms with Crippen LogP contribution in [0.2, 0.25) is 0 Å². The highest BCUT2D eigenvalue weighted by Gasteiger charge is 2.32. The molecule has 0 amide bonds. The van der Waals surface area contributed by atoms with Crippen molar-refractivity contribution in [3.63, 3.8) is 0 Å². The molecule has 0 bridgehead atoms. The van der Waals surface area contributed by atoms with Gasteiger partial charge in [-0.25, -0.2) is 4.79 Å². The second kappa shape index (κ2) is 5.03. The van der Waals surface area contributed by atoms with Gasteiger partial charge in [-0.2, -0.15) is 0 Å². The van der Waals surface area contributed by atoms with Crippen molar-refractivity contribution in [2.45, 2.75) is 12.5 Å². The largest absolute Gasteiger partial charge is 0.497 e. The van der Waals surface area contributed by atoms with Crippen molar-refractivity contribution >= 4 is 17.3 Å². The Bertz CT molecular complexity index is 601. The summed E-state index contributed by atoms with van der Waals surface area (Å²) in [6.45, 7) is 1.58. The predicted molar refractivity (Wildman–Crippen MR) is 72.9 cm³/mol. The van der Waals surface area contributed by atoms with E-state index in [-0.39, 0.29) is 5.56 Å². The van der Waals surface area contributed by atoms with Gasteiger partial charge in [0, 0.05) is 0 Å². The van der Waals surface area contributed by atoms with E-state index < -0.39 is 11.6 Å². The van der Waals surface area contributed by atoms with Crippen LogP contribution in [0.15, 0.2) is 35.7 Å². The molecule has 2 N–H and O–H groups in total. The van der Waals surface area contributed by atoms with Gasteiger partial charge >= 0.3 is 5.97 Å². The third-order valence-corrected chi connectivity index (χ3v) is 4.09. The Morgan fingerprint density at radius 2 is 2.11 bits per heavy atom. The Hall–Kier alpha value is -1.85. The van der Waals surface area contributed by atoms with Gasteiger partial charge in [0.25, 0.3) is 0 Å². The number of thiophene rings is 1. The molecule has 0 spiro atoms. The fraction of sp³-hybridized carbons (Fsp3) is 0.214. The third kappa shape index (κ3) is 2.47. The van der Waals surface area contributed by atoms with Gasteiger partial charge in [0.15, 0.2) is 0 Å². The van der Waals surface area contributed by atoms with Gasteiger partial charge in [0.2, 0.25) is 0 Å². The van der Waals surface area contributed by atoms with Gasteiger partial charge in [-0.15, -0.1) is 11.3 Å². The number of hydrogen-bond donors (Lipinski definition) is 2. The fourth-order valence-corrected chi connectivity index (χ4v) is 2.88. The number of benzene rings is 1. The molecule has 4 nitrogen and oxygen atoms in total. The Labute approximate surface area is 114 Å². The van der Waals surface area contributed by atoms with E-state index in [0.29, 0.717) is 16.2 Å². The summed E-state index contributed by atoms with van der Waals surface area (Å²) in [5.41, 5.74) is -0.647. The third-order valence-electron chi connectivity index (χ3n) is 2.97. The number of hydrogen-bond acceptors (Lipinski definition) is 4. The molecule has 0 saturated carbocycles. The predicted octanol–water partition coefficient (Wildman–Crippen LogP) is 2.71. The monoisotopic (exact) mass is 278 g/mol. The number of carboxylic acids is 1. The van der Waals surface area contributed by atoms with Crippen LogP contribution in [0.4, 0.5) is 0 Å². The first-order valence-corrected chi connectivity index (χ1v) is 6.53. The summed E-state index contributed by atoms with van der Waals surface area (Å²) >= 11 is 1.22. The van der Waals surface area contributed by atoms with Crippen LogP contribution in [0, 0.1) is 0 Å². The number of methoxy groups -OCH3 is 1. The van der Waals surface area contributed by atoms with E-state index in [2.05, 4.69) is 0 Å². The summed E-state index contributed by atoms with van der Waals surface area (Å²) in [5.74, 6) is -0.425. The van der Waals surface area contributed by atoms with Gasteiger partial charge in [0.1, 0.15) is 11.4 Å². The van der Waals surface area contributed by atoms with Crippen LogP contribution >= 0.6 is 11.3 Å². The lowest BCUT2D eigenvalue weighted by Crippen LogP contribution is -2.23. The molecule has 0 aliphatic rings. The number of rotatable bonds is 4. The van der Waals surface area contributed by atoms with E-state index in [9.17, 15) is 9.90 Å². The standard InChI is InChI=1S/C14H14O4S/c1-14(17,9-4-3-5-10(8-9)18-2)12-11(13(15)16)6-7-19-12/h3-8,17H,1-2H3,(H,15,16). The quantitative estimate of drug-likeness (QED) is 0.902. The van der Waals surface area contributed by atoms with Crippen LogP contribution in [-0.4, -0.2) is 23.3 Å². The first kappa shape index (κ1) is 13.6. The SMILES string of the molecule is COc1cccc(C(C)(O)c2sccc2C(=O)O)c1. The molecule has 0 saturated heterocycles. The maximum Gasteiger partial charge on any atom is 0.336 e. The molecule has 0 aliphatic heterocycles. The van der Waals surface area contributed by atoms with Crippen molar-refractivity contribution in [3.05, 3.63) is 51.7 Å². The average molecular weight is 278 g/mol. The molecule has 2 rings (SSSR count). The summed E-state index contributed by atoms with van der Waals surface area (Å²) in [6, 6.07) is 8.47. The summed E-state index contributed by atoms with van der Waals surface area (Å²) in [7, 11) is 1.54. The molecule has 1 unspecified atom stereocenters. The molecular formula is C14H14O4S. The summed E-state index contributed by atoms with van der Waals surface area (Å²) in [5, 5.41) is 21.5. The molecule has 0 aliphatic carbocycles. The second-order valence-electron chi connectivity index (χ2n) is 4.27. The number of carboxylic acid groups (broad SMARTS) is 1. The molecule has 1 atom stereocenters. The van der Waals surface area contributed by atoms with E-state index in [1.54, 1.807) is 43.7 Å². The zero-order valence-electron chi connectivity index (χ0n) is 10.6. The van der Waals surface area contributed by atoms with Gasteiger partial charge in [-0.05, 0) is 36.1 Å². The lowest BCUT2D eigenvalue weighted by atomic mass is 9.92. The molecule has 100 valence electrons. The lowest BCUT2D eigenvalue weighted by Gasteiger charge is -2.24. The van der Waals surface area contributed by atoms with Crippen LogP contribution < -0.4 is 4.74 Å². The van der Waals surface area contributed by atoms with E-state index in [4.69, 9.17) is 9.84 Å². The Morgan fingerprint density at radius 3 is 2.74 bits per heavy atom. The smallest absolute Gasteiger partial charge is 0.336 e. The minimum absolute atomic E-state index is 0.123. The molecule has 5 heteroatoms. The van der Waals surface area contributed by atoms with Crippen molar-refractivity contribution in [3.8, 4) is 5.75 Å². The maximum atomic E-state index is 11.2. The van der Waals surface area contributed by atoms with Crippen molar-refractivity contribution in [2.24, 2.45) is 0 Å². The summed E-state index contributed by atoms with van der Waals surface area (Å²) < 4.78 is 5.12. The van der Waals surface area contributed by atoms with Crippen LogP contribution in [-0.2, 0) is 5.60 Å². The van der Waals surface area contributed by atoms with Gasteiger partial charge < -0.3 is 14.9 Å². The number of aromatic carboxylic acids is 1. The van der Waals surface area contributed by atoms with E-state index >= 15 is 0 Å². The molecule has 1 aromatic carbocycles. The Morgan fingerprint density at radius 1 is 1.37 bits per heavy atom. The van der Waals surface area contributed by atoms with Crippen molar-refractivity contribution in [1.29, 1.82) is 0 Å². The Balaban J connectivity index is 2.51. The zero-order valence-corrected chi connectivity index (χ0v) is 11.4. The summed E-state index contributed by atoms with van der Waals surface area (Å²) in [6.07, 6.45) is 0. The van der Waals surface area contributed by atoms with Crippen LogP contribution in [0.25, 0.3) is 0 Å². The Kier molecular flexibility index (Phi) is 3.59. The number of aliphatic hydroxyl groups is 1. The number of ether oxygens (including phenoxy) is 1. The van der Waals surface area contributed by atoms with Crippen molar-refractivity contribution in [2.75, 3.05) is 7.11 Å². The topological polar surface area (TPSA) is 66.8 Å². The van der Waals surface area contributed by atoms with Crippen LogP contribution in [0.3, 0.4) is 0 Å². The van der Waals surface area contributed by atoms with E-state index in [0.717, 1.165) is 0 Å². The average Bonchev–Trinajstić information content (AvgIpc) is 2.89. The molecule has 0 radical (unpaired) electrons. The van der Waals surface area contributed by atoms with Crippen molar-refractivity contribution in [1.82, 2.24) is 0 Å². The molecule has 2 aromatic rings. The van der Waals surface area contributed by atoms with Gasteiger partial charge in [-0.3, -0.25) is 0 Å². The molecule has 1 heterocycles. The van der Waals surface area contributed by atoms with E-state index in [1.807, 2.05) is 0 Å². The summed E-state index contributed by atoms with van der Waals surface area (Å²) in [4.78, 5) is 11.6. The molecule has 0 fully saturated rings. The van der Waals surface area contributed by atoms with Gasteiger partial charge in [0.05, 0.1) is 17.6 Å². The van der Waals surface area contributed by atoms with Gasteiger partial charge in [-0.1, -0.05) is 12.1 Å². The highest BCUT2D eigenvalue weighted by molar-refractivity contribution is 7.10. The van der Waals surface area contributed by atoms with Crippen molar-refractivity contribution < 1.29 is 19.7 Å². The lowest BCUT2D eigenvalue weighted by molar-refractivity contribution is 0.0674. The van der Waals surface area contributed by atoms with Crippen LogP contribution in [0.1, 0.15) is 27.7 Å². The second-order valence-corrected chi connectivity index (χ2v) is 5.19. The number of carbonyl (C=O) groups is 1. The van der Waals surface area contributed by atoms with Crippen LogP contribution in [0.5, 0.6) is 5.75 Å². The first-order chi connectivity index (χ1) is 8.96. The molecule has 19 heavy (non-hydrogen) atoms. The highest BCUT2D eigenvalue weighted by Crippen LogP contribution is 2.36.